The monoisotopic (exact) mass is 460 g/mol. The van der Waals surface area contributed by atoms with Crippen LogP contribution < -0.4 is 10.6 Å². The van der Waals surface area contributed by atoms with Crippen LogP contribution in [0.3, 0.4) is 0 Å². The van der Waals surface area contributed by atoms with Gasteiger partial charge in [-0.2, -0.15) is 0 Å². The van der Waals surface area contributed by atoms with Gasteiger partial charge in [0, 0.05) is 45.9 Å². The lowest BCUT2D eigenvalue weighted by Gasteiger charge is -2.34. The zero-order valence-electron chi connectivity index (χ0n) is 15.2. The van der Waals surface area contributed by atoms with E-state index in [1.54, 1.807) is 7.05 Å². The molecule has 0 bridgehead atoms. The highest BCUT2D eigenvalue weighted by molar-refractivity contribution is 14.0. The normalized spacial score (nSPS) is 15.5. The number of guanidine groups is 1. The van der Waals surface area contributed by atoms with Crippen LogP contribution in [0.1, 0.15) is 35.7 Å². The molecule has 1 aromatic carbocycles. The number of nitrogens with zero attached hydrogens (tertiary/aromatic N) is 2. The number of piperidine rings is 1. The number of likely N-dealkylation sites (tertiary alicyclic amines) is 1. The summed E-state index contributed by atoms with van der Waals surface area (Å²) in [6.07, 6.45) is 2.45. The minimum absolute atomic E-state index is 0. The van der Waals surface area contributed by atoms with Gasteiger partial charge in [0.05, 0.1) is 6.10 Å². The molecular weight excluding hydrogens is 431 g/mol. The Balaban J connectivity index is 0.00000312. The summed E-state index contributed by atoms with van der Waals surface area (Å²) in [4.78, 5) is 18.2. The summed E-state index contributed by atoms with van der Waals surface area (Å²) < 4.78 is 5.69. The molecule has 1 fully saturated rings. The molecule has 1 amide bonds. The summed E-state index contributed by atoms with van der Waals surface area (Å²) in [6.45, 7) is 5.43. The molecule has 2 N–H and O–H groups in total. The predicted octanol–water partition coefficient (Wildman–Crippen LogP) is 2.24. The average molecular weight is 460 g/mol. The van der Waals surface area contributed by atoms with Gasteiger partial charge in [-0.15, -0.1) is 24.0 Å². The van der Waals surface area contributed by atoms with Crippen molar-refractivity contribution in [1.82, 2.24) is 15.5 Å². The van der Waals surface area contributed by atoms with Crippen molar-refractivity contribution in [2.24, 2.45) is 4.99 Å². The van der Waals surface area contributed by atoms with E-state index in [9.17, 15) is 4.79 Å². The van der Waals surface area contributed by atoms with Crippen LogP contribution >= 0.6 is 24.0 Å². The molecule has 1 aliphatic rings. The number of carbonyl (C=O) groups excluding carboxylic acids is 1. The summed E-state index contributed by atoms with van der Waals surface area (Å²) in [5.41, 5.74) is 1.79. The van der Waals surface area contributed by atoms with Crippen molar-refractivity contribution in [3.05, 3.63) is 35.4 Å². The number of hydrogen-bond acceptors (Lipinski definition) is 3. The van der Waals surface area contributed by atoms with E-state index in [2.05, 4.69) is 20.5 Å². The molecule has 0 radical (unpaired) electrons. The first-order chi connectivity index (χ1) is 11.7. The summed E-state index contributed by atoms with van der Waals surface area (Å²) in [6, 6.07) is 7.61. The maximum atomic E-state index is 11.6. The van der Waals surface area contributed by atoms with E-state index < -0.39 is 0 Å². The first-order valence-corrected chi connectivity index (χ1v) is 8.56. The minimum atomic E-state index is -0.0671. The van der Waals surface area contributed by atoms with Crippen molar-refractivity contribution in [3.8, 4) is 0 Å². The molecule has 1 heterocycles. The van der Waals surface area contributed by atoms with Crippen LogP contribution in [0.25, 0.3) is 0 Å². The molecule has 6 nitrogen and oxygen atoms in total. The van der Waals surface area contributed by atoms with E-state index in [1.165, 1.54) is 0 Å². The second kappa shape index (κ2) is 11.3. The van der Waals surface area contributed by atoms with Gasteiger partial charge in [-0.3, -0.25) is 9.79 Å². The van der Waals surface area contributed by atoms with Gasteiger partial charge in [0.1, 0.15) is 0 Å². The third kappa shape index (κ3) is 6.47. The van der Waals surface area contributed by atoms with E-state index in [1.807, 2.05) is 38.2 Å². The maximum Gasteiger partial charge on any atom is 0.251 e. The Labute approximate surface area is 167 Å². The Kier molecular flexibility index (Phi) is 9.81. The molecule has 1 saturated heterocycles. The maximum absolute atomic E-state index is 11.6. The third-order valence-corrected chi connectivity index (χ3v) is 4.25. The van der Waals surface area contributed by atoms with E-state index >= 15 is 0 Å². The molecule has 0 aromatic heterocycles. The van der Waals surface area contributed by atoms with Crippen LogP contribution in [0.2, 0.25) is 0 Å². The predicted molar refractivity (Wildman–Crippen MR) is 112 cm³/mol. The highest BCUT2D eigenvalue weighted by atomic mass is 127. The van der Waals surface area contributed by atoms with Crippen LogP contribution in [0.4, 0.5) is 0 Å². The first kappa shape index (κ1) is 21.7. The van der Waals surface area contributed by atoms with Gasteiger partial charge >= 0.3 is 0 Å². The number of hydrogen-bond donors (Lipinski definition) is 2. The second-order valence-electron chi connectivity index (χ2n) is 5.82. The number of ether oxygens (including phenoxy) is 1. The van der Waals surface area contributed by atoms with Gasteiger partial charge in [0.2, 0.25) is 0 Å². The average Bonchev–Trinajstić information content (AvgIpc) is 2.63. The van der Waals surface area contributed by atoms with Crippen molar-refractivity contribution >= 4 is 35.8 Å². The number of amides is 1. The standard InChI is InChI=1S/C18H28N4O2.HI/c1-4-24-16-9-11-22(12-10-16)18(20-3)21-13-14-5-7-15(8-6-14)17(23)19-2;/h5-8,16H,4,9-13H2,1-3H3,(H,19,23)(H,20,21);1H. The van der Waals surface area contributed by atoms with Crippen molar-refractivity contribution in [2.45, 2.75) is 32.4 Å². The number of carbonyl (C=O) groups is 1. The third-order valence-electron chi connectivity index (χ3n) is 4.25. The van der Waals surface area contributed by atoms with Crippen molar-refractivity contribution in [1.29, 1.82) is 0 Å². The molecule has 140 valence electrons. The molecule has 0 aliphatic carbocycles. The van der Waals surface area contributed by atoms with Crippen molar-refractivity contribution < 1.29 is 9.53 Å². The number of benzene rings is 1. The van der Waals surface area contributed by atoms with Crippen LogP contribution in [0.15, 0.2) is 29.3 Å². The second-order valence-corrected chi connectivity index (χ2v) is 5.82. The fraction of sp³-hybridized carbons (Fsp3) is 0.556. The summed E-state index contributed by atoms with van der Waals surface area (Å²) in [5.74, 6) is 0.850. The lowest BCUT2D eigenvalue weighted by Crippen LogP contribution is -2.46. The van der Waals surface area contributed by atoms with Gasteiger partial charge in [0.15, 0.2) is 5.96 Å². The van der Waals surface area contributed by atoms with E-state index in [-0.39, 0.29) is 29.9 Å². The quantitative estimate of drug-likeness (QED) is 0.402. The van der Waals surface area contributed by atoms with Crippen LogP contribution in [-0.4, -0.2) is 56.7 Å². The number of aliphatic imine (C=N–C) groups is 1. The van der Waals surface area contributed by atoms with E-state index in [0.29, 0.717) is 18.2 Å². The Morgan fingerprint density at radius 2 is 1.92 bits per heavy atom. The number of halogens is 1. The van der Waals surface area contributed by atoms with Crippen LogP contribution in [0.5, 0.6) is 0 Å². The molecule has 0 atom stereocenters. The first-order valence-electron chi connectivity index (χ1n) is 8.56. The van der Waals surface area contributed by atoms with E-state index in [4.69, 9.17) is 4.74 Å². The summed E-state index contributed by atoms with van der Waals surface area (Å²) >= 11 is 0. The van der Waals surface area contributed by atoms with E-state index in [0.717, 1.165) is 44.1 Å². The molecule has 0 spiro atoms. The molecule has 0 unspecified atom stereocenters. The summed E-state index contributed by atoms with van der Waals surface area (Å²) in [5, 5.41) is 6.02. The zero-order valence-corrected chi connectivity index (χ0v) is 17.6. The highest BCUT2D eigenvalue weighted by Crippen LogP contribution is 2.14. The fourth-order valence-electron chi connectivity index (χ4n) is 2.90. The van der Waals surface area contributed by atoms with Gasteiger partial charge in [0.25, 0.3) is 5.91 Å². The van der Waals surface area contributed by atoms with Gasteiger partial charge in [-0.05, 0) is 37.5 Å². The van der Waals surface area contributed by atoms with Gasteiger partial charge in [-0.1, -0.05) is 12.1 Å². The van der Waals surface area contributed by atoms with Gasteiger partial charge in [-0.25, -0.2) is 0 Å². The zero-order chi connectivity index (χ0) is 17.4. The fourth-order valence-corrected chi connectivity index (χ4v) is 2.90. The lowest BCUT2D eigenvalue weighted by atomic mass is 10.1. The van der Waals surface area contributed by atoms with Crippen molar-refractivity contribution in [2.75, 3.05) is 33.8 Å². The number of rotatable bonds is 5. The molecule has 1 aromatic rings. The lowest BCUT2D eigenvalue weighted by molar-refractivity contribution is 0.0263. The largest absolute Gasteiger partial charge is 0.378 e. The molecule has 0 saturated carbocycles. The number of nitrogens with one attached hydrogen (secondary N) is 2. The molecule has 2 rings (SSSR count). The SMILES string of the molecule is CCOC1CCN(C(=NC)NCc2ccc(C(=O)NC)cc2)CC1.I. The Bertz CT molecular complexity index is 555. The minimum Gasteiger partial charge on any atom is -0.378 e. The summed E-state index contributed by atoms with van der Waals surface area (Å²) in [7, 11) is 3.45. The topological polar surface area (TPSA) is 66.0 Å². The van der Waals surface area contributed by atoms with Crippen molar-refractivity contribution in [3.63, 3.8) is 0 Å². The van der Waals surface area contributed by atoms with Crippen LogP contribution in [-0.2, 0) is 11.3 Å². The Morgan fingerprint density at radius 1 is 1.28 bits per heavy atom. The van der Waals surface area contributed by atoms with Crippen LogP contribution in [0, 0.1) is 0 Å². The molecule has 25 heavy (non-hydrogen) atoms. The Morgan fingerprint density at radius 3 is 2.44 bits per heavy atom. The molecular formula is C18H29IN4O2. The molecule has 7 heteroatoms. The molecule has 1 aliphatic heterocycles. The Hall–Kier alpha value is -1.35. The van der Waals surface area contributed by atoms with Gasteiger partial charge < -0.3 is 20.3 Å². The highest BCUT2D eigenvalue weighted by Gasteiger charge is 2.21. The smallest absolute Gasteiger partial charge is 0.251 e.